The zero-order chi connectivity index (χ0) is 27.3. The topological polar surface area (TPSA) is 145 Å². The smallest absolute Gasteiger partial charge is 0.345 e. The van der Waals surface area contributed by atoms with Crippen molar-refractivity contribution in [2.75, 3.05) is 11.1 Å². The van der Waals surface area contributed by atoms with Gasteiger partial charge in [-0.05, 0) is 24.3 Å². The molecule has 0 aliphatic rings. The number of amides is 2. The van der Waals surface area contributed by atoms with Crippen LogP contribution in [-0.4, -0.2) is 42.2 Å². The second kappa shape index (κ2) is 11.4. The van der Waals surface area contributed by atoms with Gasteiger partial charge in [-0.2, -0.15) is 13.2 Å². The minimum atomic E-state index is -4.73. The molecule has 0 aliphatic carbocycles. The van der Waals surface area contributed by atoms with E-state index in [1.165, 1.54) is 58.5 Å². The van der Waals surface area contributed by atoms with Crippen LogP contribution in [0, 0.1) is 10.1 Å². The van der Waals surface area contributed by atoms with E-state index in [4.69, 9.17) is 0 Å². The molecule has 0 aliphatic heterocycles. The minimum absolute atomic E-state index is 0.0873. The number of nitro groups is 1. The van der Waals surface area contributed by atoms with Gasteiger partial charge in [0.1, 0.15) is 0 Å². The zero-order valence-electron chi connectivity index (χ0n) is 19.0. The van der Waals surface area contributed by atoms with E-state index in [9.17, 15) is 32.9 Å². The highest BCUT2D eigenvalue weighted by Gasteiger charge is 2.34. The van der Waals surface area contributed by atoms with Crippen molar-refractivity contribution in [3.05, 3.63) is 87.2 Å². The number of anilines is 1. The molecule has 0 spiro atoms. The summed E-state index contributed by atoms with van der Waals surface area (Å²) in [6.07, 6.45) is -3.19. The molecule has 0 atom stereocenters. The number of halogens is 3. The molecule has 2 aromatic carbocycles. The summed E-state index contributed by atoms with van der Waals surface area (Å²) in [6, 6.07) is 9.70. The summed E-state index contributed by atoms with van der Waals surface area (Å²) in [6.45, 7) is -0.319. The van der Waals surface area contributed by atoms with Crippen LogP contribution in [0.15, 0.2) is 65.3 Å². The number of rotatable bonds is 9. The first-order valence-electron chi connectivity index (χ1n) is 10.6. The normalized spacial score (nSPS) is 11.2. The lowest BCUT2D eigenvalue weighted by Gasteiger charge is -2.13. The SMILES string of the molecule is O=C(CSc1nnc(CNC(=O)c2ccccc2C(F)(F)F)n1-c1ccc([N+](=O)[O-])cc1)Nc1nccs1. The Labute approximate surface area is 220 Å². The molecule has 0 unspecified atom stereocenters. The van der Waals surface area contributed by atoms with Crippen LogP contribution in [0.1, 0.15) is 21.7 Å². The number of carbonyl (C=O) groups is 2. The molecule has 4 rings (SSSR count). The first-order valence-corrected chi connectivity index (χ1v) is 12.5. The van der Waals surface area contributed by atoms with E-state index in [1.54, 1.807) is 5.38 Å². The van der Waals surface area contributed by atoms with Gasteiger partial charge in [-0.15, -0.1) is 21.5 Å². The molecule has 0 radical (unpaired) electrons. The van der Waals surface area contributed by atoms with Crippen molar-refractivity contribution >= 4 is 45.7 Å². The highest BCUT2D eigenvalue weighted by molar-refractivity contribution is 7.99. The number of nitrogens with one attached hydrogen (secondary N) is 2. The number of alkyl halides is 3. The second-order valence-corrected chi connectivity index (χ2v) is 9.24. The van der Waals surface area contributed by atoms with Gasteiger partial charge in [0.2, 0.25) is 5.91 Å². The van der Waals surface area contributed by atoms with Gasteiger partial charge in [-0.3, -0.25) is 24.3 Å². The fourth-order valence-corrected chi connectivity index (χ4v) is 4.56. The van der Waals surface area contributed by atoms with E-state index in [0.717, 1.165) is 23.9 Å². The van der Waals surface area contributed by atoms with E-state index in [2.05, 4.69) is 25.8 Å². The third kappa shape index (κ3) is 6.33. The number of thiazole rings is 1. The molecule has 2 amide bonds. The molecular weight excluding hydrogens is 547 g/mol. The quantitative estimate of drug-likeness (QED) is 0.174. The molecule has 4 aromatic rings. The van der Waals surface area contributed by atoms with Crippen LogP contribution in [-0.2, 0) is 17.5 Å². The number of carbonyl (C=O) groups excluding carboxylic acids is 2. The molecule has 2 aromatic heterocycles. The number of aromatic nitrogens is 4. The Morgan fingerprint density at radius 3 is 2.50 bits per heavy atom. The van der Waals surface area contributed by atoms with E-state index in [-0.39, 0.29) is 34.9 Å². The molecule has 11 nitrogen and oxygen atoms in total. The molecule has 0 saturated carbocycles. The number of non-ortho nitro benzene ring substituents is 1. The Balaban J connectivity index is 1.57. The van der Waals surface area contributed by atoms with Crippen molar-refractivity contribution in [2.45, 2.75) is 17.9 Å². The van der Waals surface area contributed by atoms with Gasteiger partial charge in [0.25, 0.3) is 11.6 Å². The molecular formula is C22H16F3N7O4S2. The maximum absolute atomic E-state index is 13.3. The lowest BCUT2D eigenvalue weighted by molar-refractivity contribution is -0.384. The Morgan fingerprint density at radius 1 is 1.11 bits per heavy atom. The molecule has 0 fully saturated rings. The maximum Gasteiger partial charge on any atom is 0.417 e. The predicted octanol–water partition coefficient (Wildman–Crippen LogP) is 4.31. The predicted molar refractivity (Wildman–Crippen MR) is 132 cm³/mol. The number of nitro benzene ring substituents is 1. The minimum Gasteiger partial charge on any atom is -0.345 e. The Hall–Kier alpha value is -4.31. The first kappa shape index (κ1) is 26.7. The first-order chi connectivity index (χ1) is 18.1. The van der Waals surface area contributed by atoms with Gasteiger partial charge in [-0.25, -0.2) is 4.98 Å². The highest BCUT2D eigenvalue weighted by atomic mass is 32.2. The number of hydrogen-bond acceptors (Lipinski definition) is 9. The largest absolute Gasteiger partial charge is 0.417 e. The van der Waals surface area contributed by atoms with E-state index in [0.29, 0.717) is 10.8 Å². The van der Waals surface area contributed by atoms with E-state index >= 15 is 0 Å². The van der Waals surface area contributed by atoms with Crippen LogP contribution in [0.5, 0.6) is 0 Å². The lowest BCUT2D eigenvalue weighted by Crippen LogP contribution is -2.27. The van der Waals surface area contributed by atoms with Crippen LogP contribution in [0.3, 0.4) is 0 Å². The molecule has 16 heteroatoms. The van der Waals surface area contributed by atoms with Gasteiger partial charge in [-0.1, -0.05) is 23.9 Å². The fourth-order valence-electron chi connectivity index (χ4n) is 3.24. The Kier molecular flexibility index (Phi) is 8.02. The van der Waals surface area contributed by atoms with Crippen LogP contribution in [0.25, 0.3) is 5.69 Å². The number of benzene rings is 2. The number of thioether (sulfide) groups is 1. The average Bonchev–Trinajstić information content (AvgIpc) is 3.55. The van der Waals surface area contributed by atoms with Gasteiger partial charge in [0.15, 0.2) is 16.1 Å². The van der Waals surface area contributed by atoms with Crippen molar-refractivity contribution in [1.82, 2.24) is 25.1 Å². The molecule has 2 heterocycles. The third-order valence-electron chi connectivity index (χ3n) is 4.91. The van der Waals surface area contributed by atoms with Crippen molar-refractivity contribution < 1.29 is 27.7 Å². The van der Waals surface area contributed by atoms with Crippen LogP contribution >= 0.6 is 23.1 Å². The van der Waals surface area contributed by atoms with E-state index < -0.39 is 28.1 Å². The summed E-state index contributed by atoms with van der Waals surface area (Å²) >= 11 is 2.24. The summed E-state index contributed by atoms with van der Waals surface area (Å²) in [5.41, 5.74) is -1.44. The van der Waals surface area contributed by atoms with Crippen LogP contribution in [0.2, 0.25) is 0 Å². The van der Waals surface area contributed by atoms with E-state index in [1.807, 2.05) is 0 Å². The van der Waals surface area contributed by atoms with Crippen molar-refractivity contribution in [1.29, 1.82) is 0 Å². The summed E-state index contributed by atoms with van der Waals surface area (Å²) in [4.78, 5) is 39.4. The molecule has 196 valence electrons. The molecule has 2 N–H and O–H groups in total. The Bertz CT molecular complexity index is 1460. The molecule has 0 saturated heterocycles. The van der Waals surface area contributed by atoms with Crippen molar-refractivity contribution in [3.8, 4) is 5.69 Å². The fraction of sp³-hybridized carbons (Fsp3) is 0.136. The van der Waals surface area contributed by atoms with Gasteiger partial charge < -0.3 is 10.6 Å². The molecule has 38 heavy (non-hydrogen) atoms. The van der Waals surface area contributed by atoms with Crippen molar-refractivity contribution in [2.24, 2.45) is 0 Å². The molecule has 0 bridgehead atoms. The average molecular weight is 564 g/mol. The van der Waals surface area contributed by atoms with Gasteiger partial charge >= 0.3 is 6.18 Å². The summed E-state index contributed by atoms with van der Waals surface area (Å²) in [7, 11) is 0. The third-order valence-corrected chi connectivity index (χ3v) is 6.53. The Morgan fingerprint density at radius 2 is 1.84 bits per heavy atom. The second-order valence-electron chi connectivity index (χ2n) is 7.41. The standard InChI is InChI=1S/C22H16F3N7O4S2/c23-22(24,25)16-4-2-1-3-15(16)19(34)27-11-17-29-30-21(38-12-18(33)28-20-26-9-10-37-20)31(17)13-5-7-14(8-6-13)32(35)36/h1-10H,11-12H2,(H,27,34)(H,26,28,33). The zero-order valence-corrected chi connectivity index (χ0v) is 20.6. The van der Waals surface area contributed by atoms with Gasteiger partial charge in [0, 0.05) is 29.4 Å². The summed E-state index contributed by atoms with van der Waals surface area (Å²) < 4.78 is 41.4. The lowest BCUT2D eigenvalue weighted by atomic mass is 10.1. The summed E-state index contributed by atoms with van der Waals surface area (Å²) in [5, 5.41) is 26.5. The van der Waals surface area contributed by atoms with Crippen LogP contribution in [0.4, 0.5) is 24.0 Å². The number of nitrogens with zero attached hydrogens (tertiary/aromatic N) is 5. The maximum atomic E-state index is 13.3. The number of hydrogen-bond donors (Lipinski definition) is 2. The monoisotopic (exact) mass is 563 g/mol. The van der Waals surface area contributed by atoms with Crippen LogP contribution < -0.4 is 10.6 Å². The van der Waals surface area contributed by atoms with Gasteiger partial charge in [0.05, 0.1) is 28.3 Å². The highest BCUT2D eigenvalue weighted by Crippen LogP contribution is 2.32. The summed E-state index contributed by atoms with van der Waals surface area (Å²) in [5.74, 6) is -1.31. The van der Waals surface area contributed by atoms with Crippen molar-refractivity contribution in [3.63, 3.8) is 0 Å².